The molecule has 1 amide bonds. The van der Waals surface area contributed by atoms with Gasteiger partial charge in [0.25, 0.3) is 5.91 Å². The molecule has 0 radical (unpaired) electrons. The smallest absolute Gasteiger partial charge is 0.257 e. The summed E-state index contributed by atoms with van der Waals surface area (Å²) in [7, 11) is 1.73. The maximum atomic E-state index is 14.7. The maximum absolute atomic E-state index is 14.7. The van der Waals surface area contributed by atoms with Gasteiger partial charge in [-0.15, -0.1) is 0 Å². The third kappa shape index (κ3) is 4.74. The van der Waals surface area contributed by atoms with Crippen molar-refractivity contribution in [1.82, 2.24) is 25.1 Å². The Kier molecular flexibility index (Phi) is 6.32. The average Bonchev–Trinajstić information content (AvgIpc) is 3.51. The number of rotatable bonds is 5. The minimum atomic E-state index is -0.492. The van der Waals surface area contributed by atoms with Crippen molar-refractivity contribution >= 4 is 45.0 Å². The molecule has 4 aromatic rings. The highest BCUT2D eigenvalue weighted by molar-refractivity contribution is 6.14. The minimum Gasteiger partial charge on any atom is -0.379 e. The molecule has 2 aromatic heterocycles. The third-order valence-electron chi connectivity index (χ3n) is 7.07. The van der Waals surface area contributed by atoms with Crippen LogP contribution in [0, 0.1) is 5.82 Å². The van der Waals surface area contributed by atoms with E-state index in [1.165, 1.54) is 6.07 Å². The van der Waals surface area contributed by atoms with Gasteiger partial charge >= 0.3 is 0 Å². The number of nitrogens with one attached hydrogen (secondary N) is 3. The number of halogens is 1. The number of benzene rings is 2. The van der Waals surface area contributed by atoms with Crippen LogP contribution < -0.4 is 20.9 Å². The molecule has 10 nitrogen and oxygen atoms in total. The fourth-order valence-corrected chi connectivity index (χ4v) is 5.47. The van der Waals surface area contributed by atoms with Crippen molar-refractivity contribution in [1.29, 1.82) is 0 Å². The highest BCUT2D eigenvalue weighted by atomic mass is 19.1. The van der Waals surface area contributed by atoms with Crippen molar-refractivity contribution in [3.05, 3.63) is 48.0 Å². The van der Waals surface area contributed by atoms with E-state index < -0.39 is 5.82 Å². The van der Waals surface area contributed by atoms with Crippen LogP contribution in [0.15, 0.2) is 36.7 Å². The maximum Gasteiger partial charge on any atom is 0.257 e. The van der Waals surface area contributed by atoms with Gasteiger partial charge in [0.15, 0.2) is 5.82 Å². The first kappa shape index (κ1) is 24.5. The van der Waals surface area contributed by atoms with Crippen LogP contribution in [0.3, 0.4) is 0 Å². The number of hydrogen-bond acceptors (Lipinski definition) is 8. The van der Waals surface area contributed by atoms with E-state index in [9.17, 15) is 9.18 Å². The number of hydrogen-bond donors (Lipinski definition) is 3. The highest BCUT2D eigenvalue weighted by Crippen LogP contribution is 2.31. The lowest BCUT2D eigenvalue weighted by atomic mass is 10.0. The van der Waals surface area contributed by atoms with Crippen LogP contribution >= 0.6 is 0 Å². The molecule has 2 saturated heterocycles. The van der Waals surface area contributed by atoms with E-state index in [1.54, 1.807) is 36.3 Å². The average molecular weight is 519 g/mol. The molecule has 0 spiro atoms. The predicted octanol–water partition coefficient (Wildman–Crippen LogP) is 3.30. The van der Waals surface area contributed by atoms with Crippen molar-refractivity contribution in [3.63, 3.8) is 0 Å². The zero-order valence-electron chi connectivity index (χ0n) is 21.7. The van der Waals surface area contributed by atoms with Crippen LogP contribution in [0.1, 0.15) is 30.6 Å². The second kappa shape index (κ2) is 9.80. The molecule has 3 atom stereocenters. The highest BCUT2D eigenvalue weighted by Gasteiger charge is 2.25. The zero-order chi connectivity index (χ0) is 26.4. The predicted molar refractivity (Wildman–Crippen MR) is 145 cm³/mol. The number of amides is 1. The molecule has 4 heterocycles. The standard InChI is InChI=1S/C27H31FN8O2/c1-15-11-36(12-16(2)30-15)23-5-4-20(25-21(23)10-29-27(33-25)32-18-6-7-38-14-18)26(37)31-19-8-17-13-35(3)34-24(17)22(28)9-19/h4-5,8-10,13,15-16,18,30H,6-7,11-12,14H2,1-3H3,(H,31,37)(H,29,32,33)/t15-,16-,18?/m0/s1. The van der Waals surface area contributed by atoms with Gasteiger partial charge < -0.3 is 25.6 Å². The van der Waals surface area contributed by atoms with Crippen LogP contribution in [-0.4, -0.2) is 70.1 Å². The number of carbonyl (C=O) groups excluding carboxylic acids is 1. The molecule has 11 heteroatoms. The van der Waals surface area contributed by atoms with Gasteiger partial charge in [0.2, 0.25) is 5.95 Å². The van der Waals surface area contributed by atoms with E-state index in [0.29, 0.717) is 53.4 Å². The second-order valence-electron chi connectivity index (χ2n) is 10.3. The van der Waals surface area contributed by atoms with E-state index in [1.807, 2.05) is 6.07 Å². The normalized spacial score (nSPS) is 21.8. The Morgan fingerprint density at radius 3 is 2.76 bits per heavy atom. The van der Waals surface area contributed by atoms with Crippen LogP contribution in [0.25, 0.3) is 21.8 Å². The fourth-order valence-electron chi connectivity index (χ4n) is 5.47. The number of anilines is 3. The summed E-state index contributed by atoms with van der Waals surface area (Å²) in [6, 6.07) is 7.50. The van der Waals surface area contributed by atoms with Crippen LogP contribution in [0.5, 0.6) is 0 Å². The summed E-state index contributed by atoms with van der Waals surface area (Å²) >= 11 is 0. The Balaban J connectivity index is 1.38. The Labute approximate surface area is 219 Å². The van der Waals surface area contributed by atoms with Gasteiger partial charge in [0.1, 0.15) is 5.52 Å². The molecule has 2 aromatic carbocycles. The largest absolute Gasteiger partial charge is 0.379 e. The molecule has 2 aliphatic rings. The van der Waals surface area contributed by atoms with Gasteiger partial charge in [-0.2, -0.15) is 5.10 Å². The molecule has 198 valence electrons. The molecular formula is C27H31FN8O2. The van der Waals surface area contributed by atoms with E-state index in [0.717, 1.165) is 30.6 Å². The van der Waals surface area contributed by atoms with Gasteiger partial charge in [0.05, 0.1) is 23.7 Å². The topological polar surface area (TPSA) is 109 Å². The van der Waals surface area contributed by atoms with Crippen molar-refractivity contribution < 1.29 is 13.9 Å². The number of aryl methyl sites for hydroxylation is 1. The number of fused-ring (bicyclic) bond motifs is 2. The quantitative estimate of drug-likeness (QED) is 0.369. The molecule has 6 rings (SSSR count). The number of nitrogens with zero attached hydrogens (tertiary/aromatic N) is 5. The van der Waals surface area contributed by atoms with Crippen molar-refractivity contribution in [2.24, 2.45) is 7.05 Å². The summed E-state index contributed by atoms with van der Waals surface area (Å²) in [6.07, 6.45) is 4.37. The molecule has 1 unspecified atom stereocenters. The zero-order valence-corrected chi connectivity index (χ0v) is 21.7. The van der Waals surface area contributed by atoms with Crippen LogP contribution in [0.4, 0.5) is 21.7 Å². The lowest BCUT2D eigenvalue weighted by molar-refractivity contribution is 0.102. The Morgan fingerprint density at radius 2 is 2.00 bits per heavy atom. The number of carbonyl (C=O) groups is 1. The van der Waals surface area contributed by atoms with Gasteiger partial charge in [-0.05, 0) is 44.5 Å². The monoisotopic (exact) mass is 518 g/mol. The summed E-state index contributed by atoms with van der Waals surface area (Å²) in [5.74, 6) is -0.419. The Hall–Kier alpha value is -3.83. The van der Waals surface area contributed by atoms with Crippen LogP contribution in [-0.2, 0) is 11.8 Å². The second-order valence-corrected chi connectivity index (χ2v) is 10.3. The molecular weight excluding hydrogens is 487 g/mol. The van der Waals surface area contributed by atoms with Crippen molar-refractivity contribution in [3.8, 4) is 0 Å². The summed E-state index contributed by atoms with van der Waals surface area (Å²) in [6.45, 7) is 7.26. The summed E-state index contributed by atoms with van der Waals surface area (Å²) in [5, 5.41) is 15.3. The minimum absolute atomic E-state index is 0.122. The summed E-state index contributed by atoms with van der Waals surface area (Å²) in [4.78, 5) is 25.2. The first-order valence-corrected chi connectivity index (χ1v) is 12.9. The lowest BCUT2D eigenvalue weighted by Gasteiger charge is -2.38. The summed E-state index contributed by atoms with van der Waals surface area (Å²) < 4.78 is 21.7. The number of ether oxygens (including phenoxy) is 1. The SMILES string of the molecule is C[C@H]1CN(c2ccc(C(=O)Nc3cc(F)c4nn(C)cc4c3)c3nc(NC4CCOC4)ncc23)C[C@H](C)N1. The van der Waals surface area contributed by atoms with Gasteiger partial charge in [0, 0.05) is 73.4 Å². The van der Waals surface area contributed by atoms with E-state index in [4.69, 9.17) is 9.72 Å². The molecule has 3 N–H and O–H groups in total. The van der Waals surface area contributed by atoms with E-state index >= 15 is 0 Å². The summed E-state index contributed by atoms with van der Waals surface area (Å²) in [5.41, 5.74) is 2.53. The van der Waals surface area contributed by atoms with Gasteiger partial charge in [-0.1, -0.05) is 0 Å². The molecule has 0 bridgehead atoms. The van der Waals surface area contributed by atoms with Crippen molar-refractivity contribution in [2.45, 2.75) is 38.4 Å². The molecule has 0 saturated carbocycles. The Morgan fingerprint density at radius 1 is 1.18 bits per heavy atom. The number of piperazine rings is 1. The van der Waals surface area contributed by atoms with Gasteiger partial charge in [-0.25, -0.2) is 14.4 Å². The van der Waals surface area contributed by atoms with Crippen LogP contribution in [0.2, 0.25) is 0 Å². The first-order chi connectivity index (χ1) is 18.3. The molecule has 0 aliphatic carbocycles. The van der Waals surface area contributed by atoms with E-state index in [-0.39, 0.29) is 17.5 Å². The molecule has 38 heavy (non-hydrogen) atoms. The van der Waals surface area contributed by atoms with Crippen molar-refractivity contribution in [2.75, 3.05) is 41.8 Å². The lowest BCUT2D eigenvalue weighted by Crippen LogP contribution is -2.54. The molecule has 2 aliphatic heterocycles. The van der Waals surface area contributed by atoms with E-state index in [2.05, 4.69) is 44.8 Å². The molecule has 2 fully saturated rings. The first-order valence-electron chi connectivity index (χ1n) is 12.9. The fraction of sp³-hybridized carbons (Fsp3) is 0.407. The Bertz CT molecular complexity index is 1510. The third-order valence-corrected chi connectivity index (χ3v) is 7.07. The number of aromatic nitrogens is 4. The van der Waals surface area contributed by atoms with Gasteiger partial charge in [-0.3, -0.25) is 9.48 Å².